The van der Waals surface area contributed by atoms with E-state index in [-0.39, 0.29) is 19.2 Å². The minimum absolute atomic E-state index is 0.00446. The van der Waals surface area contributed by atoms with Gasteiger partial charge in [-0.25, -0.2) is 10.1 Å². The molecule has 32 heavy (non-hydrogen) atoms. The maximum Gasteiger partial charge on any atom is 0.333 e. The van der Waals surface area contributed by atoms with Crippen molar-refractivity contribution in [1.29, 1.82) is 0 Å². The van der Waals surface area contributed by atoms with Gasteiger partial charge < -0.3 is 19.8 Å². The van der Waals surface area contributed by atoms with Crippen LogP contribution in [0.3, 0.4) is 0 Å². The predicted molar refractivity (Wildman–Crippen MR) is 121 cm³/mol. The van der Waals surface area contributed by atoms with Crippen molar-refractivity contribution < 1.29 is 26.5 Å². The van der Waals surface area contributed by atoms with E-state index in [9.17, 15) is 12.8 Å². The largest absolute Gasteiger partial charge is 0.454 e. The second-order valence-corrected chi connectivity index (χ2v) is 9.46. The summed E-state index contributed by atoms with van der Waals surface area (Å²) in [4.78, 5) is 12.1. The molecule has 3 aromatic rings. The van der Waals surface area contributed by atoms with Crippen LogP contribution in [0.4, 0.5) is 10.2 Å². The molecule has 172 valence electrons. The summed E-state index contributed by atoms with van der Waals surface area (Å²) in [5.41, 5.74) is 7.47. The molecule has 4 rings (SSSR count). The first-order chi connectivity index (χ1) is 15.2. The number of fused-ring (bicyclic) bond motifs is 2. The molecule has 11 nitrogen and oxygen atoms in total. The molecule has 0 radical (unpaired) electrons. The number of imidazole rings is 1. The van der Waals surface area contributed by atoms with Crippen molar-refractivity contribution in [3.8, 4) is 11.5 Å². The third kappa shape index (κ3) is 5.19. The number of nitrogen functional groups attached to an aromatic ring is 1. The van der Waals surface area contributed by atoms with E-state index in [1.807, 2.05) is 12.1 Å². The molecule has 0 saturated carbocycles. The number of aryl methyl sites for hydroxylation is 1. The number of ether oxygens (including phenoxy) is 2. The Morgan fingerprint density at radius 3 is 2.66 bits per heavy atom. The number of rotatable bonds is 9. The number of aromatic nitrogens is 4. The highest BCUT2D eigenvalue weighted by Crippen LogP contribution is 2.36. The maximum atomic E-state index is 13.9. The van der Waals surface area contributed by atoms with Crippen LogP contribution in [0.15, 0.2) is 12.1 Å². The second-order valence-electron chi connectivity index (χ2n) is 7.08. The smallest absolute Gasteiger partial charge is 0.333 e. The topological polar surface area (TPSA) is 157 Å². The van der Waals surface area contributed by atoms with Crippen LogP contribution in [0.2, 0.25) is 0 Å². The van der Waals surface area contributed by atoms with E-state index in [1.165, 1.54) is 0 Å². The van der Waals surface area contributed by atoms with E-state index in [2.05, 4.69) is 41.7 Å². The number of anilines is 1. The third-order valence-electron chi connectivity index (χ3n) is 4.84. The number of nitrogens with two attached hydrogens (primary N) is 2. The molecule has 0 bridgehead atoms. The number of nitrogens with zero attached hydrogens (tertiary/aromatic N) is 4. The van der Waals surface area contributed by atoms with E-state index >= 15 is 0 Å². The molecule has 14 heteroatoms. The minimum atomic E-state index is -3.95. The molecule has 1 aliphatic heterocycles. The fourth-order valence-electron chi connectivity index (χ4n) is 3.40. The van der Waals surface area contributed by atoms with Gasteiger partial charge in [-0.05, 0) is 59.5 Å². The summed E-state index contributed by atoms with van der Waals surface area (Å²) in [6.45, 7) is 0.641. The first kappa shape index (κ1) is 22.9. The van der Waals surface area contributed by atoms with E-state index in [0.717, 1.165) is 9.13 Å². The lowest BCUT2D eigenvalue weighted by Gasteiger charge is -2.10. The zero-order valence-corrected chi connectivity index (χ0v) is 19.7. The molecule has 0 aliphatic carbocycles. The molecule has 0 unspecified atom stereocenters. The van der Waals surface area contributed by atoms with Crippen LogP contribution in [0.5, 0.6) is 11.5 Å². The fourth-order valence-corrected chi connectivity index (χ4v) is 4.38. The van der Waals surface area contributed by atoms with Crippen molar-refractivity contribution in [3.63, 3.8) is 0 Å². The highest BCUT2D eigenvalue weighted by molar-refractivity contribution is 14.1. The summed E-state index contributed by atoms with van der Waals surface area (Å²) in [5, 5.41) is 4.82. The normalized spacial score (nSPS) is 13.2. The van der Waals surface area contributed by atoms with Crippen molar-refractivity contribution in [2.75, 3.05) is 19.1 Å². The van der Waals surface area contributed by atoms with Gasteiger partial charge in [0.05, 0.1) is 6.61 Å². The molecular formula is C18H20FIN6O5S. The van der Waals surface area contributed by atoms with Crippen molar-refractivity contribution in [2.24, 2.45) is 5.14 Å². The Kier molecular flexibility index (Phi) is 6.64. The number of unbranched alkanes of at least 4 members (excludes halogenated alkanes) is 2. The lowest BCUT2D eigenvalue weighted by atomic mass is 10.1. The summed E-state index contributed by atoms with van der Waals surface area (Å²) in [7, 11) is -3.95. The Bertz CT molecular complexity index is 1270. The Morgan fingerprint density at radius 2 is 1.91 bits per heavy atom. The first-order valence-corrected chi connectivity index (χ1v) is 12.2. The van der Waals surface area contributed by atoms with Crippen LogP contribution >= 0.6 is 22.6 Å². The van der Waals surface area contributed by atoms with Gasteiger partial charge in [0.15, 0.2) is 28.5 Å². The highest BCUT2D eigenvalue weighted by Gasteiger charge is 2.21. The lowest BCUT2D eigenvalue weighted by Crippen LogP contribution is -2.16. The zero-order chi connectivity index (χ0) is 22.9. The Hall–Kier alpha value is -2.30. The molecule has 4 N–H and O–H groups in total. The average Bonchev–Trinajstić information content (AvgIpc) is 3.28. The van der Waals surface area contributed by atoms with E-state index in [1.54, 1.807) is 4.57 Å². The standard InChI is InChI=1S/C18H20FIN6O5S/c19-18-24-16(21)15-17(25-18)26(4-2-1-3-5-31-32(22,27)28)14(23-15)7-10-6-12-13(8-11(10)20)30-9-29-12/h6,8H,1-5,7,9H2,(H2,21,24,25)(H2,22,27,28). The molecular weight excluding hydrogens is 558 g/mol. The zero-order valence-electron chi connectivity index (χ0n) is 16.8. The van der Waals surface area contributed by atoms with Crippen LogP contribution in [0.25, 0.3) is 11.2 Å². The van der Waals surface area contributed by atoms with Gasteiger partial charge in [0.25, 0.3) is 0 Å². The van der Waals surface area contributed by atoms with Gasteiger partial charge in [-0.1, -0.05) is 0 Å². The molecule has 2 aromatic heterocycles. The fraction of sp³-hybridized carbons (Fsp3) is 0.389. The van der Waals surface area contributed by atoms with Crippen LogP contribution in [-0.4, -0.2) is 41.3 Å². The van der Waals surface area contributed by atoms with Gasteiger partial charge in [-0.3, -0.25) is 4.18 Å². The SMILES string of the molecule is Nc1nc(F)nc2c1nc(Cc1cc3c(cc1I)OCO3)n2CCCCCOS(N)(=O)=O. The second kappa shape index (κ2) is 9.29. The van der Waals surface area contributed by atoms with Crippen LogP contribution in [0.1, 0.15) is 30.7 Å². The highest BCUT2D eigenvalue weighted by atomic mass is 127. The third-order valence-corrected chi connectivity index (χ3v) is 6.34. The van der Waals surface area contributed by atoms with Gasteiger partial charge in [0.2, 0.25) is 6.79 Å². The maximum absolute atomic E-state index is 13.9. The first-order valence-electron chi connectivity index (χ1n) is 9.64. The lowest BCUT2D eigenvalue weighted by molar-refractivity contribution is 0.174. The Labute approximate surface area is 196 Å². The summed E-state index contributed by atoms with van der Waals surface area (Å²) in [5.74, 6) is 1.95. The number of halogens is 2. The quantitative estimate of drug-likeness (QED) is 0.220. The number of hydrogen-bond donors (Lipinski definition) is 2. The molecule has 0 atom stereocenters. The average molecular weight is 578 g/mol. The summed E-state index contributed by atoms with van der Waals surface area (Å²) in [6.07, 6.45) is 1.29. The Morgan fingerprint density at radius 1 is 1.16 bits per heavy atom. The van der Waals surface area contributed by atoms with Gasteiger partial charge >= 0.3 is 16.4 Å². The minimum Gasteiger partial charge on any atom is -0.454 e. The van der Waals surface area contributed by atoms with Crippen LogP contribution in [-0.2, 0) is 27.5 Å². The molecule has 0 fully saturated rings. The van der Waals surface area contributed by atoms with Crippen molar-refractivity contribution >= 4 is 49.9 Å². The van der Waals surface area contributed by atoms with E-state index < -0.39 is 16.4 Å². The van der Waals surface area contributed by atoms with Crippen molar-refractivity contribution in [1.82, 2.24) is 19.5 Å². The molecule has 3 heterocycles. The van der Waals surface area contributed by atoms with Gasteiger partial charge in [0.1, 0.15) is 5.82 Å². The Balaban J connectivity index is 1.57. The molecule has 0 saturated heterocycles. The van der Waals surface area contributed by atoms with Gasteiger partial charge in [-0.2, -0.15) is 22.8 Å². The predicted octanol–water partition coefficient (Wildman–Crippen LogP) is 1.86. The number of hydrogen-bond acceptors (Lipinski definition) is 9. The van der Waals surface area contributed by atoms with E-state index in [0.29, 0.717) is 60.7 Å². The van der Waals surface area contributed by atoms with Gasteiger partial charge in [-0.15, -0.1) is 0 Å². The summed E-state index contributed by atoms with van der Waals surface area (Å²) < 4.78 is 53.8. The molecule has 0 amide bonds. The van der Waals surface area contributed by atoms with Crippen LogP contribution in [0, 0.1) is 9.65 Å². The van der Waals surface area contributed by atoms with Gasteiger partial charge in [0, 0.05) is 16.5 Å². The van der Waals surface area contributed by atoms with Crippen molar-refractivity contribution in [3.05, 3.63) is 33.2 Å². The molecule has 0 spiro atoms. The molecule has 1 aromatic carbocycles. The monoisotopic (exact) mass is 578 g/mol. The number of benzene rings is 1. The van der Waals surface area contributed by atoms with E-state index in [4.69, 9.17) is 20.3 Å². The van der Waals surface area contributed by atoms with Crippen LogP contribution < -0.4 is 20.3 Å². The summed E-state index contributed by atoms with van der Waals surface area (Å²) in [6, 6.07) is 3.79. The summed E-state index contributed by atoms with van der Waals surface area (Å²) >= 11 is 2.21. The van der Waals surface area contributed by atoms with Crippen molar-refractivity contribution in [2.45, 2.75) is 32.2 Å². The molecule has 1 aliphatic rings.